The van der Waals surface area contributed by atoms with Crippen LogP contribution in [0.2, 0.25) is 0 Å². The molecule has 0 aliphatic heterocycles. The van der Waals surface area contributed by atoms with E-state index in [1.807, 2.05) is 29.1 Å². The van der Waals surface area contributed by atoms with Gasteiger partial charge in [-0.1, -0.05) is 36.4 Å². The first-order chi connectivity index (χ1) is 15.6. The quantitative estimate of drug-likeness (QED) is 0.223. The second-order valence-electron chi connectivity index (χ2n) is 7.80. The maximum absolute atomic E-state index is 5.29. The van der Waals surface area contributed by atoms with Gasteiger partial charge in [0, 0.05) is 25.5 Å². The van der Waals surface area contributed by atoms with Crippen molar-refractivity contribution in [1.29, 1.82) is 0 Å². The molecular formula is C25H35IN6O. The Bertz CT molecular complexity index is 973. The van der Waals surface area contributed by atoms with Gasteiger partial charge in [0.05, 0.1) is 26.2 Å². The van der Waals surface area contributed by atoms with Crippen molar-refractivity contribution in [3.8, 4) is 5.75 Å². The molecule has 2 aromatic carbocycles. The van der Waals surface area contributed by atoms with Crippen LogP contribution >= 0.6 is 24.0 Å². The minimum absolute atomic E-state index is 0. The number of halogens is 1. The second-order valence-corrected chi connectivity index (χ2v) is 7.80. The number of benzene rings is 2. The van der Waals surface area contributed by atoms with Gasteiger partial charge in [-0.05, 0) is 55.9 Å². The zero-order chi connectivity index (χ0) is 22.8. The molecule has 0 fully saturated rings. The van der Waals surface area contributed by atoms with E-state index < -0.39 is 0 Å². The first kappa shape index (κ1) is 26.7. The Morgan fingerprint density at radius 3 is 2.39 bits per heavy atom. The van der Waals surface area contributed by atoms with Crippen LogP contribution in [0.15, 0.2) is 72.0 Å². The van der Waals surface area contributed by atoms with E-state index in [0.29, 0.717) is 6.54 Å². The number of hydrogen-bond acceptors (Lipinski definition) is 4. The third-order valence-corrected chi connectivity index (χ3v) is 5.35. The van der Waals surface area contributed by atoms with Gasteiger partial charge in [-0.3, -0.25) is 4.68 Å². The van der Waals surface area contributed by atoms with Crippen molar-refractivity contribution >= 4 is 29.9 Å². The number of methoxy groups -OCH3 is 1. The van der Waals surface area contributed by atoms with Gasteiger partial charge in [-0.25, -0.2) is 4.99 Å². The van der Waals surface area contributed by atoms with Crippen LogP contribution in [0.4, 0.5) is 0 Å². The molecule has 33 heavy (non-hydrogen) atoms. The molecule has 0 saturated carbocycles. The summed E-state index contributed by atoms with van der Waals surface area (Å²) in [5, 5.41) is 11.2. The molecule has 1 unspecified atom stereocenters. The summed E-state index contributed by atoms with van der Waals surface area (Å²) in [5.74, 6) is 1.67. The van der Waals surface area contributed by atoms with E-state index in [1.54, 1.807) is 13.3 Å². The van der Waals surface area contributed by atoms with E-state index in [4.69, 9.17) is 9.73 Å². The Morgan fingerprint density at radius 1 is 1.06 bits per heavy atom. The van der Waals surface area contributed by atoms with Crippen LogP contribution in [0, 0.1) is 0 Å². The van der Waals surface area contributed by atoms with E-state index in [0.717, 1.165) is 31.3 Å². The minimum atomic E-state index is 0. The maximum Gasteiger partial charge on any atom is 0.191 e. The first-order valence-electron chi connectivity index (χ1n) is 11.0. The summed E-state index contributed by atoms with van der Waals surface area (Å²) >= 11 is 0. The molecule has 0 aliphatic carbocycles. The molecule has 1 aromatic heterocycles. The monoisotopic (exact) mass is 562 g/mol. The lowest BCUT2D eigenvalue weighted by Gasteiger charge is -2.26. The third-order valence-electron chi connectivity index (χ3n) is 5.35. The predicted octanol–water partition coefficient (Wildman–Crippen LogP) is 3.92. The van der Waals surface area contributed by atoms with Gasteiger partial charge in [-0.15, -0.1) is 24.0 Å². The summed E-state index contributed by atoms with van der Waals surface area (Å²) in [6, 6.07) is 18.8. The van der Waals surface area contributed by atoms with E-state index in [9.17, 15) is 0 Å². The first-order valence-corrected chi connectivity index (χ1v) is 11.0. The fraction of sp³-hybridized carbons (Fsp3) is 0.360. The number of ether oxygens (including phenoxy) is 1. The molecular weight excluding hydrogens is 527 g/mol. The molecule has 0 aliphatic rings. The van der Waals surface area contributed by atoms with Gasteiger partial charge in [0.1, 0.15) is 5.75 Å². The highest BCUT2D eigenvalue weighted by molar-refractivity contribution is 14.0. The fourth-order valence-electron chi connectivity index (χ4n) is 3.56. The minimum Gasteiger partial charge on any atom is -0.497 e. The molecule has 3 rings (SSSR count). The lowest BCUT2D eigenvalue weighted by Crippen LogP contribution is -2.41. The SMILES string of the molecule is CCNC(=NCc1ccccc1Cn1cccn1)NCC(c1ccc(OC)cc1)N(C)C.I. The fourth-order valence-corrected chi connectivity index (χ4v) is 3.56. The largest absolute Gasteiger partial charge is 0.497 e. The molecule has 0 spiro atoms. The van der Waals surface area contributed by atoms with Crippen LogP contribution in [0.1, 0.15) is 29.7 Å². The Morgan fingerprint density at radius 2 is 1.79 bits per heavy atom. The molecule has 1 heterocycles. The number of guanidine groups is 1. The number of hydrogen-bond donors (Lipinski definition) is 2. The predicted molar refractivity (Wildman–Crippen MR) is 145 cm³/mol. The molecule has 1 atom stereocenters. The van der Waals surface area contributed by atoms with Crippen LogP contribution in [0.5, 0.6) is 5.75 Å². The summed E-state index contributed by atoms with van der Waals surface area (Å²) in [7, 11) is 5.87. The Labute approximate surface area is 214 Å². The molecule has 0 radical (unpaired) electrons. The number of rotatable bonds is 10. The van der Waals surface area contributed by atoms with Crippen molar-refractivity contribution in [2.75, 3.05) is 34.3 Å². The van der Waals surface area contributed by atoms with E-state index in [-0.39, 0.29) is 30.0 Å². The standard InChI is InChI=1S/C25H34N6O.HI/c1-5-26-25(28-18-24(30(2)3)20-11-13-23(32-4)14-12-20)27-17-21-9-6-7-10-22(21)19-31-16-8-15-29-31;/h6-16,24H,5,17-19H2,1-4H3,(H2,26,27,28);1H. The zero-order valence-corrected chi connectivity index (χ0v) is 22.2. The highest BCUT2D eigenvalue weighted by atomic mass is 127. The normalized spacial score (nSPS) is 12.2. The van der Waals surface area contributed by atoms with Gasteiger partial charge in [0.2, 0.25) is 0 Å². The topological polar surface area (TPSA) is 66.7 Å². The second kappa shape index (κ2) is 13.8. The molecule has 8 heteroatoms. The smallest absolute Gasteiger partial charge is 0.191 e. The van der Waals surface area contributed by atoms with Crippen molar-refractivity contribution in [2.24, 2.45) is 4.99 Å². The van der Waals surface area contributed by atoms with Gasteiger partial charge in [0.25, 0.3) is 0 Å². The number of aliphatic imine (C=N–C) groups is 1. The Hall–Kier alpha value is -2.59. The van der Waals surface area contributed by atoms with Crippen molar-refractivity contribution in [1.82, 2.24) is 25.3 Å². The highest BCUT2D eigenvalue weighted by Gasteiger charge is 2.15. The Balaban J connectivity index is 0.00000385. The number of nitrogens with zero attached hydrogens (tertiary/aromatic N) is 4. The molecule has 7 nitrogen and oxygen atoms in total. The molecule has 178 valence electrons. The summed E-state index contributed by atoms with van der Waals surface area (Å²) in [4.78, 5) is 7.06. The van der Waals surface area contributed by atoms with Crippen LogP contribution in [0.25, 0.3) is 0 Å². The molecule has 0 saturated heterocycles. The highest BCUT2D eigenvalue weighted by Crippen LogP contribution is 2.20. The number of aromatic nitrogens is 2. The van der Waals surface area contributed by atoms with Crippen LogP contribution in [-0.2, 0) is 13.1 Å². The summed E-state index contributed by atoms with van der Waals surface area (Å²) in [6.45, 7) is 4.95. The maximum atomic E-state index is 5.29. The lowest BCUT2D eigenvalue weighted by atomic mass is 10.1. The number of nitrogens with one attached hydrogen (secondary N) is 2. The van der Waals surface area contributed by atoms with Crippen LogP contribution in [0.3, 0.4) is 0 Å². The van der Waals surface area contributed by atoms with Crippen molar-refractivity contribution in [3.05, 3.63) is 83.7 Å². The van der Waals surface area contributed by atoms with Crippen molar-refractivity contribution in [3.63, 3.8) is 0 Å². The van der Waals surface area contributed by atoms with Gasteiger partial charge in [-0.2, -0.15) is 5.10 Å². The number of likely N-dealkylation sites (N-methyl/N-ethyl adjacent to an activating group) is 1. The van der Waals surface area contributed by atoms with E-state index in [1.165, 1.54) is 16.7 Å². The molecule has 3 aromatic rings. The summed E-state index contributed by atoms with van der Waals surface area (Å²) in [5.41, 5.74) is 3.64. The average Bonchev–Trinajstić information content (AvgIpc) is 3.31. The van der Waals surface area contributed by atoms with Gasteiger partial charge < -0.3 is 20.3 Å². The molecule has 0 bridgehead atoms. The van der Waals surface area contributed by atoms with Gasteiger partial charge in [0.15, 0.2) is 5.96 Å². The van der Waals surface area contributed by atoms with Crippen LogP contribution in [-0.4, -0.2) is 54.9 Å². The summed E-state index contributed by atoms with van der Waals surface area (Å²) < 4.78 is 7.23. The van der Waals surface area contributed by atoms with Gasteiger partial charge >= 0.3 is 0 Å². The van der Waals surface area contributed by atoms with Crippen molar-refractivity contribution < 1.29 is 4.74 Å². The summed E-state index contributed by atoms with van der Waals surface area (Å²) in [6.07, 6.45) is 3.78. The molecule has 2 N–H and O–H groups in total. The lowest BCUT2D eigenvalue weighted by molar-refractivity contribution is 0.298. The van der Waals surface area contributed by atoms with E-state index >= 15 is 0 Å². The van der Waals surface area contributed by atoms with Crippen molar-refractivity contribution in [2.45, 2.75) is 26.1 Å². The average molecular weight is 563 g/mol. The Kier molecular flexibility index (Phi) is 11.2. The van der Waals surface area contributed by atoms with Crippen LogP contribution < -0.4 is 15.4 Å². The van der Waals surface area contributed by atoms with E-state index in [2.05, 4.69) is 78.0 Å². The molecule has 0 amide bonds. The third kappa shape index (κ3) is 8.04. The zero-order valence-electron chi connectivity index (χ0n) is 19.9.